The van der Waals surface area contributed by atoms with Crippen LogP contribution in [0.2, 0.25) is 0 Å². The van der Waals surface area contributed by atoms with Crippen LogP contribution in [0.25, 0.3) is 21.9 Å². The minimum absolute atomic E-state index is 0.294. The fourth-order valence-electron chi connectivity index (χ4n) is 4.78. The third kappa shape index (κ3) is 3.98. The van der Waals surface area contributed by atoms with Crippen LogP contribution in [0.15, 0.2) is 72.8 Å². The van der Waals surface area contributed by atoms with Crippen molar-refractivity contribution in [1.29, 1.82) is 0 Å². The Bertz CT molecular complexity index is 1510. The Morgan fingerprint density at radius 2 is 0.816 bits per heavy atom. The molecule has 2 aliphatic rings. The van der Waals surface area contributed by atoms with Crippen LogP contribution in [0.4, 0.5) is 5.69 Å². The van der Waals surface area contributed by atoms with E-state index < -0.39 is 23.6 Å². The predicted octanol–water partition coefficient (Wildman–Crippen LogP) is 6.89. The molecule has 0 spiro atoms. The highest BCUT2D eigenvalue weighted by molar-refractivity contribution is 6.39. The molecule has 0 saturated heterocycles. The molecule has 0 fully saturated rings. The van der Waals surface area contributed by atoms with Crippen LogP contribution in [-0.4, -0.2) is 35.6 Å². The summed E-state index contributed by atoms with van der Waals surface area (Å²) in [7, 11) is 1.42. The number of nitrogens with zero attached hydrogens (tertiary/aromatic N) is 2. The van der Waals surface area contributed by atoms with Crippen LogP contribution in [0, 0.1) is 6.92 Å². The van der Waals surface area contributed by atoms with Gasteiger partial charge >= 0.3 is 0 Å². The molecule has 4 aromatic rings. The van der Waals surface area contributed by atoms with Gasteiger partial charge in [-0.3, -0.25) is 24.1 Å². The van der Waals surface area contributed by atoms with E-state index >= 15 is 0 Å². The maximum atomic E-state index is 13.5. The molecule has 4 aromatic carbocycles. The average Bonchev–Trinajstić information content (AvgIpc) is 2.96. The molecule has 6 nitrogen and oxygen atoms in total. The molecule has 192 valence electrons. The van der Waals surface area contributed by atoms with E-state index in [2.05, 4.69) is 0 Å². The Kier molecular flexibility index (Phi) is 7.26. The molecule has 0 atom stereocenters. The second kappa shape index (κ2) is 10.4. The zero-order valence-corrected chi connectivity index (χ0v) is 22.5. The van der Waals surface area contributed by atoms with Crippen LogP contribution in [0.3, 0.4) is 0 Å². The Labute approximate surface area is 222 Å². The second-order valence-corrected chi connectivity index (χ2v) is 8.60. The number of amides is 4. The first-order valence-electron chi connectivity index (χ1n) is 12.8. The molecule has 6 rings (SSSR count). The normalized spacial score (nSPS) is 13.6. The monoisotopic (exact) mass is 506 g/mol. The predicted molar refractivity (Wildman–Crippen MR) is 151 cm³/mol. The third-order valence-electron chi connectivity index (χ3n) is 6.61. The summed E-state index contributed by atoms with van der Waals surface area (Å²) in [5.74, 6) is -1.86. The largest absolute Gasteiger partial charge is 0.277 e. The van der Waals surface area contributed by atoms with Crippen molar-refractivity contribution in [3.63, 3.8) is 0 Å². The van der Waals surface area contributed by atoms with Gasteiger partial charge in [-0.15, -0.1) is 0 Å². The minimum Gasteiger partial charge on any atom is -0.277 e. The Hall–Kier alpha value is -4.58. The summed E-state index contributed by atoms with van der Waals surface area (Å²) in [6.07, 6.45) is 0. The van der Waals surface area contributed by atoms with Crippen molar-refractivity contribution in [3.05, 3.63) is 101 Å². The number of hydrogen-bond acceptors (Lipinski definition) is 4. The Morgan fingerprint density at radius 1 is 0.474 bits per heavy atom. The van der Waals surface area contributed by atoms with Gasteiger partial charge in [0.25, 0.3) is 23.6 Å². The molecule has 6 heteroatoms. The second-order valence-electron chi connectivity index (χ2n) is 8.60. The molecular formula is C32H30N2O4. The van der Waals surface area contributed by atoms with E-state index in [1.807, 2.05) is 71.0 Å². The van der Waals surface area contributed by atoms with E-state index in [0.29, 0.717) is 38.7 Å². The first kappa shape index (κ1) is 26.5. The standard InChI is InChI=1S/C28H18N2O4.2C2H6/c1-15-3-5-16(6-4-15)17-7-9-18(10-8-17)30-27(33)21-13-11-19-23-20(26(32)29(2)25(19)31)12-14-22(24(21)23)28(30)34;2*1-2/h3-14H,1-2H3;2*1-2H3. The maximum absolute atomic E-state index is 13.5. The average molecular weight is 507 g/mol. The fraction of sp³-hybridized carbons (Fsp3) is 0.188. The zero-order chi connectivity index (χ0) is 27.7. The summed E-state index contributed by atoms with van der Waals surface area (Å²) in [6.45, 7) is 10.0. The van der Waals surface area contributed by atoms with Crippen molar-refractivity contribution < 1.29 is 19.2 Å². The lowest BCUT2D eigenvalue weighted by Gasteiger charge is -2.30. The highest BCUT2D eigenvalue weighted by atomic mass is 16.2. The fourth-order valence-corrected chi connectivity index (χ4v) is 4.78. The number of anilines is 1. The van der Waals surface area contributed by atoms with Crippen LogP contribution in [0.5, 0.6) is 0 Å². The van der Waals surface area contributed by atoms with E-state index in [0.717, 1.165) is 20.9 Å². The zero-order valence-electron chi connectivity index (χ0n) is 22.5. The van der Waals surface area contributed by atoms with Crippen molar-refractivity contribution in [2.75, 3.05) is 11.9 Å². The molecule has 0 radical (unpaired) electrons. The van der Waals surface area contributed by atoms with Gasteiger partial charge in [0.05, 0.1) is 5.69 Å². The first-order valence-corrected chi connectivity index (χ1v) is 12.8. The lowest BCUT2D eigenvalue weighted by atomic mass is 9.86. The van der Waals surface area contributed by atoms with Gasteiger partial charge in [-0.2, -0.15) is 0 Å². The van der Waals surface area contributed by atoms with Crippen LogP contribution < -0.4 is 4.90 Å². The van der Waals surface area contributed by atoms with E-state index in [1.54, 1.807) is 36.4 Å². The van der Waals surface area contributed by atoms with Crippen molar-refractivity contribution in [3.8, 4) is 11.1 Å². The molecule has 0 aromatic heterocycles. The lowest BCUT2D eigenvalue weighted by Crippen LogP contribution is -2.42. The molecule has 0 unspecified atom stereocenters. The molecule has 2 aliphatic heterocycles. The first-order chi connectivity index (χ1) is 18.4. The summed E-state index contributed by atoms with van der Waals surface area (Å²) in [5, 5.41) is 0.742. The molecule has 0 saturated carbocycles. The third-order valence-corrected chi connectivity index (χ3v) is 6.61. The van der Waals surface area contributed by atoms with Crippen molar-refractivity contribution >= 4 is 40.1 Å². The van der Waals surface area contributed by atoms with Gasteiger partial charge in [0, 0.05) is 40.1 Å². The summed E-state index contributed by atoms with van der Waals surface area (Å²) >= 11 is 0. The number of imide groups is 2. The minimum atomic E-state index is -0.483. The molecule has 0 bridgehead atoms. The van der Waals surface area contributed by atoms with E-state index in [9.17, 15) is 19.2 Å². The number of benzene rings is 4. The molecule has 0 N–H and O–H groups in total. The number of carbonyl (C=O) groups excluding carboxylic acids is 4. The highest BCUT2D eigenvalue weighted by Gasteiger charge is 2.39. The smallest absolute Gasteiger partial charge is 0.265 e. The van der Waals surface area contributed by atoms with Crippen LogP contribution in [-0.2, 0) is 0 Å². The number of hydrogen-bond donors (Lipinski definition) is 0. The SMILES string of the molecule is CC.CC.Cc1ccc(-c2ccc(N3C(=O)c4ccc5c6c(ccc(c46)C3=O)C(=O)N(C)C5=O)cc2)cc1. The van der Waals surface area contributed by atoms with Crippen molar-refractivity contribution in [2.45, 2.75) is 34.6 Å². The van der Waals surface area contributed by atoms with Gasteiger partial charge < -0.3 is 0 Å². The number of carbonyl (C=O) groups is 4. The van der Waals surface area contributed by atoms with E-state index in [4.69, 9.17) is 0 Å². The van der Waals surface area contributed by atoms with Gasteiger partial charge in [-0.05, 0) is 54.4 Å². The van der Waals surface area contributed by atoms with Crippen molar-refractivity contribution in [2.24, 2.45) is 0 Å². The quantitative estimate of drug-likeness (QED) is 0.277. The van der Waals surface area contributed by atoms with Gasteiger partial charge in [0.15, 0.2) is 0 Å². The van der Waals surface area contributed by atoms with E-state index in [1.165, 1.54) is 12.6 Å². The van der Waals surface area contributed by atoms with Gasteiger partial charge in [-0.25, -0.2) is 4.90 Å². The molecule has 0 aliphatic carbocycles. The highest BCUT2D eigenvalue weighted by Crippen LogP contribution is 2.39. The topological polar surface area (TPSA) is 74.8 Å². The number of rotatable bonds is 2. The number of aryl methyl sites for hydroxylation is 1. The molecule has 4 amide bonds. The van der Waals surface area contributed by atoms with Crippen molar-refractivity contribution in [1.82, 2.24) is 4.90 Å². The summed E-state index contributed by atoms with van der Waals surface area (Å²) in [6, 6.07) is 21.6. The Morgan fingerprint density at radius 3 is 1.21 bits per heavy atom. The summed E-state index contributed by atoms with van der Waals surface area (Å²) < 4.78 is 0. The van der Waals surface area contributed by atoms with Crippen LogP contribution in [0.1, 0.15) is 74.7 Å². The molecule has 2 heterocycles. The summed E-state index contributed by atoms with van der Waals surface area (Å²) in [4.78, 5) is 54.5. The van der Waals surface area contributed by atoms with Crippen LogP contribution >= 0.6 is 0 Å². The molecule has 38 heavy (non-hydrogen) atoms. The van der Waals surface area contributed by atoms with Gasteiger partial charge in [0.1, 0.15) is 0 Å². The lowest BCUT2D eigenvalue weighted by molar-refractivity contribution is 0.0649. The van der Waals surface area contributed by atoms with Gasteiger partial charge in [-0.1, -0.05) is 69.7 Å². The van der Waals surface area contributed by atoms with E-state index in [-0.39, 0.29) is 0 Å². The Balaban J connectivity index is 0.000000804. The van der Waals surface area contributed by atoms with Gasteiger partial charge in [0.2, 0.25) is 0 Å². The maximum Gasteiger partial charge on any atom is 0.265 e. The molecular weight excluding hydrogens is 476 g/mol. The summed E-state index contributed by atoms with van der Waals surface area (Å²) in [5.41, 5.74) is 4.85.